The zero-order valence-electron chi connectivity index (χ0n) is 20.9. The number of fused-ring (bicyclic) bond motifs is 1. The van der Waals surface area contributed by atoms with Gasteiger partial charge in [-0.15, -0.1) is 0 Å². The minimum atomic E-state index is -0.512. The zero-order valence-corrected chi connectivity index (χ0v) is 23.2. The summed E-state index contributed by atoms with van der Waals surface area (Å²) in [6.45, 7) is 9.41. The summed E-state index contributed by atoms with van der Waals surface area (Å²) in [4.78, 5) is 29.9. The Balaban J connectivity index is 2.01. The maximum absolute atomic E-state index is 13.3. The number of benzene rings is 2. The molecule has 0 saturated heterocycles. The van der Waals surface area contributed by atoms with Crippen LogP contribution in [0.4, 0.5) is 0 Å². The van der Waals surface area contributed by atoms with Crippen molar-refractivity contribution < 1.29 is 19.0 Å². The van der Waals surface area contributed by atoms with Crippen molar-refractivity contribution in [3.63, 3.8) is 0 Å². The first-order chi connectivity index (χ1) is 17.1. The lowest BCUT2D eigenvalue weighted by molar-refractivity contribution is -0.149. The highest BCUT2D eigenvalue weighted by atomic mass is 79.9. The average Bonchev–Trinajstić information content (AvgIpc) is 2.82. The number of carbonyl (C=O) groups excluding carboxylic acids is 1. The number of ether oxygens (including phenoxy) is 3. The summed E-state index contributed by atoms with van der Waals surface area (Å²) in [6.07, 6.45) is 2.05. The second kappa shape index (κ2) is 12.4. The molecule has 0 bridgehead atoms. The van der Waals surface area contributed by atoms with Gasteiger partial charge in [-0.25, -0.2) is 9.78 Å². The predicted octanol–water partition coefficient (Wildman–Crippen LogP) is 5.94. The van der Waals surface area contributed by atoms with Crippen LogP contribution in [0.1, 0.15) is 58.3 Å². The van der Waals surface area contributed by atoms with E-state index >= 15 is 0 Å². The molecule has 3 rings (SSSR count). The van der Waals surface area contributed by atoms with E-state index in [-0.39, 0.29) is 35.0 Å². The Morgan fingerprint density at radius 2 is 1.94 bits per heavy atom. The highest BCUT2D eigenvalue weighted by Gasteiger charge is 2.17. The summed E-state index contributed by atoms with van der Waals surface area (Å²) in [5.74, 6) is 0.631. The van der Waals surface area contributed by atoms with Crippen molar-refractivity contribution in [2.24, 2.45) is 5.10 Å². The molecule has 0 amide bonds. The van der Waals surface area contributed by atoms with Crippen LogP contribution in [0.15, 0.2) is 44.7 Å². The smallest absolute Gasteiger partial charge is 0.344 e. The van der Waals surface area contributed by atoms with Gasteiger partial charge >= 0.3 is 5.97 Å². The zero-order chi connectivity index (χ0) is 26.4. The molecule has 0 aliphatic heterocycles. The Kier molecular flexibility index (Phi) is 9.50. The molecule has 10 heteroatoms. The van der Waals surface area contributed by atoms with E-state index in [9.17, 15) is 9.59 Å². The van der Waals surface area contributed by atoms with Gasteiger partial charge in [-0.1, -0.05) is 41.4 Å². The van der Waals surface area contributed by atoms with Crippen molar-refractivity contribution in [1.82, 2.24) is 9.66 Å². The van der Waals surface area contributed by atoms with Crippen LogP contribution in [-0.2, 0) is 9.53 Å². The lowest BCUT2D eigenvalue weighted by Crippen LogP contribution is -2.23. The predicted molar refractivity (Wildman–Crippen MR) is 145 cm³/mol. The summed E-state index contributed by atoms with van der Waals surface area (Å²) in [7, 11) is 0. The summed E-state index contributed by atoms with van der Waals surface area (Å²) in [5, 5.41) is 5.16. The summed E-state index contributed by atoms with van der Waals surface area (Å²) < 4.78 is 18.5. The molecule has 0 fully saturated rings. The Bertz CT molecular complexity index is 1340. The van der Waals surface area contributed by atoms with Crippen molar-refractivity contribution >= 4 is 50.6 Å². The van der Waals surface area contributed by atoms with Crippen LogP contribution in [0.5, 0.6) is 11.5 Å². The van der Waals surface area contributed by atoms with Crippen LogP contribution in [0.3, 0.4) is 0 Å². The number of hydrogen-bond acceptors (Lipinski definition) is 7. The second-order valence-corrected chi connectivity index (χ2v) is 9.72. The fourth-order valence-corrected chi connectivity index (χ4v) is 4.03. The topological polar surface area (TPSA) is 92.0 Å². The van der Waals surface area contributed by atoms with Gasteiger partial charge in [0.05, 0.1) is 34.9 Å². The lowest BCUT2D eigenvalue weighted by Gasteiger charge is -2.15. The Labute approximate surface area is 223 Å². The molecule has 1 heterocycles. The van der Waals surface area contributed by atoms with Crippen molar-refractivity contribution in [3.05, 3.63) is 61.6 Å². The number of carbonyl (C=O) groups is 1. The van der Waals surface area contributed by atoms with E-state index in [1.165, 1.54) is 10.9 Å². The maximum Gasteiger partial charge on any atom is 0.344 e. The van der Waals surface area contributed by atoms with E-state index in [1.54, 1.807) is 32.0 Å². The molecule has 0 unspecified atom stereocenters. The summed E-state index contributed by atoms with van der Waals surface area (Å²) in [5.41, 5.74) is 0.925. The molecule has 0 aliphatic rings. The molecule has 0 radical (unpaired) electrons. The minimum Gasteiger partial charge on any atom is -0.490 e. The first kappa shape index (κ1) is 27.7. The standard InChI is InChI=1S/C26H29BrClN3O5/c1-6-16(5)25-30-21-9-8-18(27)12-19(21)26(33)31(25)29-13-17-10-20(28)24(22(11-17)34-7-2)35-14-23(32)36-15(3)4/h8-13,15-16H,6-7,14H2,1-5H3/t16-/m0/s1. The van der Waals surface area contributed by atoms with Crippen LogP contribution in [-0.4, -0.2) is 41.2 Å². The third kappa shape index (κ3) is 6.64. The Hall–Kier alpha value is -2.91. The first-order valence-electron chi connectivity index (χ1n) is 11.7. The van der Waals surface area contributed by atoms with Gasteiger partial charge < -0.3 is 14.2 Å². The third-order valence-corrected chi connectivity index (χ3v) is 6.02. The highest BCUT2D eigenvalue weighted by Crippen LogP contribution is 2.36. The van der Waals surface area contributed by atoms with Crippen molar-refractivity contribution in [2.75, 3.05) is 13.2 Å². The van der Waals surface area contributed by atoms with Gasteiger partial charge in [-0.2, -0.15) is 9.78 Å². The molecule has 8 nitrogen and oxygen atoms in total. The SMILES string of the molecule is CCOc1cc(C=Nn2c([C@@H](C)CC)nc3ccc(Br)cc3c2=O)cc(Cl)c1OCC(=O)OC(C)C. The summed E-state index contributed by atoms with van der Waals surface area (Å²) in [6, 6.07) is 8.70. The molecule has 0 N–H and O–H groups in total. The average molecular weight is 579 g/mol. The number of rotatable bonds is 10. The van der Waals surface area contributed by atoms with Gasteiger partial charge in [0.15, 0.2) is 18.1 Å². The molecular formula is C26H29BrClN3O5. The van der Waals surface area contributed by atoms with Gasteiger partial charge in [-0.3, -0.25) is 4.79 Å². The Morgan fingerprint density at radius 1 is 1.19 bits per heavy atom. The largest absolute Gasteiger partial charge is 0.490 e. The van der Waals surface area contributed by atoms with Crippen molar-refractivity contribution in [1.29, 1.82) is 0 Å². The van der Waals surface area contributed by atoms with E-state index in [2.05, 4.69) is 21.0 Å². The van der Waals surface area contributed by atoms with Gasteiger partial charge in [0.25, 0.3) is 5.56 Å². The quantitative estimate of drug-likeness (QED) is 0.218. The molecule has 192 valence electrons. The first-order valence-corrected chi connectivity index (χ1v) is 12.9. The van der Waals surface area contributed by atoms with Crippen LogP contribution >= 0.6 is 27.5 Å². The number of esters is 1. The minimum absolute atomic E-state index is 0.00633. The highest BCUT2D eigenvalue weighted by molar-refractivity contribution is 9.10. The maximum atomic E-state index is 13.3. The van der Waals surface area contributed by atoms with Crippen molar-refractivity contribution in [3.8, 4) is 11.5 Å². The molecule has 0 aliphatic carbocycles. The molecule has 2 aromatic carbocycles. The van der Waals surface area contributed by atoms with E-state index in [0.29, 0.717) is 34.6 Å². The monoisotopic (exact) mass is 577 g/mol. The summed E-state index contributed by atoms with van der Waals surface area (Å²) >= 11 is 9.88. The normalized spacial score (nSPS) is 12.3. The molecule has 36 heavy (non-hydrogen) atoms. The van der Waals surface area contributed by atoms with Crippen molar-refractivity contribution in [2.45, 2.75) is 53.1 Å². The third-order valence-electron chi connectivity index (χ3n) is 5.24. The van der Waals surface area contributed by atoms with E-state index < -0.39 is 5.97 Å². The fraction of sp³-hybridized carbons (Fsp3) is 0.385. The number of nitrogens with zero attached hydrogens (tertiary/aromatic N) is 3. The molecule has 1 atom stereocenters. The van der Waals surface area contributed by atoms with Crippen LogP contribution in [0.2, 0.25) is 5.02 Å². The molecule has 0 saturated carbocycles. The molecule has 1 aromatic heterocycles. The number of aromatic nitrogens is 2. The van der Waals surface area contributed by atoms with Gasteiger partial charge in [0.2, 0.25) is 0 Å². The van der Waals surface area contributed by atoms with Gasteiger partial charge in [-0.05, 0) is 63.1 Å². The van der Waals surface area contributed by atoms with Gasteiger partial charge in [0.1, 0.15) is 5.82 Å². The van der Waals surface area contributed by atoms with E-state index in [0.717, 1.165) is 10.9 Å². The van der Waals surface area contributed by atoms with Crippen LogP contribution in [0.25, 0.3) is 10.9 Å². The van der Waals surface area contributed by atoms with Crippen LogP contribution in [0, 0.1) is 0 Å². The van der Waals surface area contributed by atoms with Crippen LogP contribution < -0.4 is 15.0 Å². The molecule has 3 aromatic rings. The number of halogens is 2. The van der Waals surface area contributed by atoms with Gasteiger partial charge in [0, 0.05) is 10.4 Å². The van der Waals surface area contributed by atoms with E-state index in [4.69, 9.17) is 30.8 Å². The lowest BCUT2D eigenvalue weighted by atomic mass is 10.1. The molecule has 0 spiro atoms. The molecular weight excluding hydrogens is 550 g/mol. The number of hydrogen-bond donors (Lipinski definition) is 0. The fourth-order valence-electron chi connectivity index (χ4n) is 3.40. The van der Waals surface area contributed by atoms with E-state index in [1.807, 2.05) is 32.9 Å². The second-order valence-electron chi connectivity index (χ2n) is 8.39. The Morgan fingerprint density at radius 3 is 2.61 bits per heavy atom.